The summed E-state index contributed by atoms with van der Waals surface area (Å²) in [5.41, 5.74) is 1.97. The highest BCUT2D eigenvalue weighted by Gasteiger charge is 2.31. The van der Waals surface area contributed by atoms with E-state index in [-0.39, 0.29) is 17.9 Å². The maximum Gasteiger partial charge on any atom is 0.179 e. The first kappa shape index (κ1) is 14.2. The smallest absolute Gasteiger partial charge is 0.179 e. The van der Waals surface area contributed by atoms with Crippen molar-refractivity contribution in [2.24, 2.45) is 0 Å². The lowest BCUT2D eigenvalue weighted by Crippen LogP contribution is -2.53. The summed E-state index contributed by atoms with van der Waals surface area (Å²) >= 11 is 0. The molecule has 104 valence electrons. The molecule has 1 aliphatic heterocycles. The van der Waals surface area contributed by atoms with E-state index in [2.05, 4.69) is 18.7 Å². The van der Waals surface area contributed by atoms with Crippen molar-refractivity contribution in [3.63, 3.8) is 0 Å². The van der Waals surface area contributed by atoms with E-state index >= 15 is 0 Å². The molecule has 2 rings (SSSR count). The average molecular weight is 261 g/mol. The molecule has 0 bridgehead atoms. The van der Waals surface area contributed by atoms with Gasteiger partial charge in [-0.1, -0.05) is 29.8 Å². The van der Waals surface area contributed by atoms with E-state index in [0.29, 0.717) is 12.6 Å². The summed E-state index contributed by atoms with van der Waals surface area (Å²) in [5, 5.41) is 0. The molecule has 19 heavy (non-hydrogen) atoms. The minimum atomic E-state index is -0.0935. The lowest BCUT2D eigenvalue weighted by molar-refractivity contribution is -0.0585. The van der Waals surface area contributed by atoms with Crippen LogP contribution in [0.25, 0.3) is 0 Å². The number of ether oxygens (including phenoxy) is 1. The number of carbonyl (C=O) groups excluding carboxylic acids is 1. The summed E-state index contributed by atoms with van der Waals surface area (Å²) in [6.07, 6.45) is 0.199. The predicted octanol–water partition coefficient (Wildman–Crippen LogP) is 2.68. The molecule has 1 saturated heterocycles. The van der Waals surface area contributed by atoms with Gasteiger partial charge >= 0.3 is 0 Å². The van der Waals surface area contributed by atoms with Crippen molar-refractivity contribution in [3.8, 4) is 0 Å². The minimum Gasteiger partial charge on any atom is -0.376 e. The van der Waals surface area contributed by atoms with Crippen molar-refractivity contribution >= 4 is 5.78 Å². The van der Waals surface area contributed by atoms with E-state index in [1.165, 1.54) is 5.56 Å². The highest BCUT2D eigenvalue weighted by atomic mass is 16.5. The Morgan fingerprint density at radius 1 is 1.32 bits per heavy atom. The van der Waals surface area contributed by atoms with E-state index in [4.69, 9.17) is 4.74 Å². The number of ketones is 1. The Morgan fingerprint density at radius 2 is 1.95 bits per heavy atom. The Hall–Kier alpha value is -1.19. The van der Waals surface area contributed by atoms with Gasteiger partial charge in [0, 0.05) is 18.2 Å². The number of rotatable bonds is 3. The maximum absolute atomic E-state index is 12.5. The van der Waals surface area contributed by atoms with Gasteiger partial charge in [0.05, 0.1) is 18.8 Å². The van der Waals surface area contributed by atoms with Crippen molar-refractivity contribution in [1.82, 2.24) is 4.90 Å². The molecule has 1 heterocycles. The van der Waals surface area contributed by atoms with Crippen LogP contribution >= 0.6 is 0 Å². The molecular weight excluding hydrogens is 238 g/mol. The zero-order chi connectivity index (χ0) is 14.0. The molecule has 3 unspecified atom stereocenters. The Morgan fingerprint density at radius 3 is 2.58 bits per heavy atom. The fourth-order valence-electron chi connectivity index (χ4n) is 2.58. The quantitative estimate of drug-likeness (QED) is 0.783. The molecule has 1 aromatic carbocycles. The monoisotopic (exact) mass is 261 g/mol. The van der Waals surface area contributed by atoms with Gasteiger partial charge in [0.15, 0.2) is 5.78 Å². The molecule has 0 amide bonds. The van der Waals surface area contributed by atoms with Crippen LogP contribution in [0.1, 0.15) is 36.7 Å². The van der Waals surface area contributed by atoms with Crippen LogP contribution in [0.15, 0.2) is 24.3 Å². The molecule has 3 nitrogen and oxygen atoms in total. The zero-order valence-electron chi connectivity index (χ0n) is 12.2. The molecule has 0 N–H and O–H groups in total. The van der Waals surface area contributed by atoms with Gasteiger partial charge in [-0.15, -0.1) is 0 Å². The Balaban J connectivity index is 2.11. The van der Waals surface area contributed by atoms with Crippen LogP contribution in [-0.4, -0.2) is 42.0 Å². The van der Waals surface area contributed by atoms with Gasteiger partial charge < -0.3 is 4.74 Å². The average Bonchev–Trinajstić information content (AvgIpc) is 2.41. The second-order valence-corrected chi connectivity index (χ2v) is 5.60. The predicted molar refractivity (Wildman–Crippen MR) is 76.6 cm³/mol. The fraction of sp³-hybridized carbons (Fsp3) is 0.562. The van der Waals surface area contributed by atoms with Crippen molar-refractivity contribution in [2.75, 3.05) is 13.2 Å². The number of benzene rings is 1. The number of morpholine rings is 1. The molecule has 0 saturated carbocycles. The van der Waals surface area contributed by atoms with Crippen LogP contribution in [-0.2, 0) is 4.74 Å². The molecular formula is C16H23NO2. The number of aryl methyl sites for hydroxylation is 1. The summed E-state index contributed by atoms with van der Waals surface area (Å²) in [4.78, 5) is 14.8. The topological polar surface area (TPSA) is 29.5 Å². The molecule has 0 radical (unpaired) electrons. The molecule has 0 aromatic heterocycles. The van der Waals surface area contributed by atoms with Crippen molar-refractivity contribution in [1.29, 1.82) is 0 Å². The van der Waals surface area contributed by atoms with Gasteiger partial charge in [-0.25, -0.2) is 0 Å². The molecule has 1 aromatic rings. The second kappa shape index (κ2) is 5.85. The summed E-state index contributed by atoms with van der Waals surface area (Å²) < 4.78 is 5.62. The first-order valence-electron chi connectivity index (χ1n) is 6.97. The van der Waals surface area contributed by atoms with E-state index in [9.17, 15) is 4.79 Å². The molecule has 0 aliphatic carbocycles. The Labute approximate surface area is 115 Å². The summed E-state index contributed by atoms with van der Waals surface area (Å²) in [7, 11) is 0. The largest absolute Gasteiger partial charge is 0.376 e. The Kier molecular flexibility index (Phi) is 4.38. The highest BCUT2D eigenvalue weighted by Crippen LogP contribution is 2.18. The normalized spacial score (nSPS) is 26.1. The summed E-state index contributed by atoms with van der Waals surface area (Å²) in [6, 6.07) is 8.02. The third-order valence-corrected chi connectivity index (χ3v) is 3.87. The Bertz CT molecular complexity index is 441. The lowest BCUT2D eigenvalue weighted by atomic mass is 10.0. The molecule has 1 aliphatic rings. The zero-order valence-corrected chi connectivity index (χ0v) is 12.2. The number of Topliss-reactive ketones (excluding diaryl/α,β-unsaturated/α-hetero) is 1. The minimum absolute atomic E-state index is 0.0935. The number of hydrogen-bond donors (Lipinski definition) is 0. The van der Waals surface area contributed by atoms with Crippen molar-refractivity contribution < 1.29 is 9.53 Å². The van der Waals surface area contributed by atoms with Crippen LogP contribution in [0.5, 0.6) is 0 Å². The SMILES string of the molecule is Cc1ccc(C(=O)C(C)N2CC(C)OCC2C)cc1. The van der Waals surface area contributed by atoms with E-state index in [1.54, 1.807) is 0 Å². The fourth-order valence-corrected chi connectivity index (χ4v) is 2.58. The molecule has 0 spiro atoms. The van der Waals surface area contributed by atoms with Crippen molar-refractivity contribution in [2.45, 2.75) is 45.9 Å². The van der Waals surface area contributed by atoms with Crippen LogP contribution < -0.4 is 0 Å². The van der Waals surface area contributed by atoms with Crippen LogP contribution in [0.4, 0.5) is 0 Å². The maximum atomic E-state index is 12.5. The molecule has 3 atom stereocenters. The van der Waals surface area contributed by atoms with Crippen molar-refractivity contribution in [3.05, 3.63) is 35.4 Å². The number of carbonyl (C=O) groups is 1. The van der Waals surface area contributed by atoms with Gasteiger partial charge in [0.1, 0.15) is 0 Å². The lowest BCUT2D eigenvalue weighted by Gasteiger charge is -2.40. The summed E-state index contributed by atoms with van der Waals surface area (Å²) in [6.45, 7) is 9.72. The first-order chi connectivity index (χ1) is 8.99. The van der Waals surface area contributed by atoms with Crippen LogP contribution in [0.2, 0.25) is 0 Å². The van der Waals surface area contributed by atoms with Crippen LogP contribution in [0, 0.1) is 6.92 Å². The van der Waals surface area contributed by atoms with Gasteiger partial charge in [0.25, 0.3) is 0 Å². The second-order valence-electron chi connectivity index (χ2n) is 5.60. The standard InChI is InChI=1S/C16H23NO2/c1-11-5-7-15(8-6-11)16(18)14(4)17-9-13(3)19-10-12(17)2/h5-8,12-14H,9-10H2,1-4H3. The third-order valence-electron chi connectivity index (χ3n) is 3.87. The molecule has 3 heteroatoms. The van der Waals surface area contributed by atoms with Gasteiger partial charge in [-0.3, -0.25) is 9.69 Å². The third kappa shape index (κ3) is 3.23. The summed E-state index contributed by atoms with van der Waals surface area (Å²) in [5.74, 6) is 0.195. The highest BCUT2D eigenvalue weighted by molar-refractivity contribution is 5.99. The number of hydrogen-bond acceptors (Lipinski definition) is 3. The number of nitrogens with zero attached hydrogens (tertiary/aromatic N) is 1. The van der Waals surface area contributed by atoms with Crippen LogP contribution in [0.3, 0.4) is 0 Å². The molecule has 1 fully saturated rings. The first-order valence-corrected chi connectivity index (χ1v) is 6.97. The van der Waals surface area contributed by atoms with Gasteiger partial charge in [-0.2, -0.15) is 0 Å². The van der Waals surface area contributed by atoms with E-state index < -0.39 is 0 Å². The van der Waals surface area contributed by atoms with Gasteiger partial charge in [-0.05, 0) is 27.7 Å². The van der Waals surface area contributed by atoms with E-state index in [1.807, 2.05) is 38.1 Å². The van der Waals surface area contributed by atoms with E-state index in [0.717, 1.165) is 12.1 Å². The van der Waals surface area contributed by atoms with Gasteiger partial charge in [0.2, 0.25) is 0 Å².